The summed E-state index contributed by atoms with van der Waals surface area (Å²) in [6.07, 6.45) is 3.03. The van der Waals surface area contributed by atoms with E-state index in [1.807, 2.05) is 29.0 Å². The number of amides is 1. The van der Waals surface area contributed by atoms with Crippen LogP contribution in [0.1, 0.15) is 19.8 Å². The quantitative estimate of drug-likeness (QED) is 0.946. The highest BCUT2D eigenvalue weighted by Crippen LogP contribution is 2.30. The van der Waals surface area contributed by atoms with Gasteiger partial charge in [0.25, 0.3) is 0 Å². The van der Waals surface area contributed by atoms with Crippen molar-refractivity contribution in [2.45, 2.75) is 31.8 Å². The van der Waals surface area contributed by atoms with Crippen molar-refractivity contribution >= 4 is 34.4 Å². The van der Waals surface area contributed by atoms with Gasteiger partial charge >= 0.3 is 5.97 Å². The Morgan fingerprint density at radius 3 is 2.86 bits per heavy atom. The highest BCUT2D eigenvalue weighted by atomic mass is 35.5. The lowest BCUT2D eigenvalue weighted by atomic mass is 9.99. The molecule has 6 heteroatoms. The van der Waals surface area contributed by atoms with Gasteiger partial charge in [0, 0.05) is 23.3 Å². The summed E-state index contributed by atoms with van der Waals surface area (Å²) in [5.41, 5.74) is -0.227. The van der Waals surface area contributed by atoms with E-state index < -0.39 is 11.5 Å². The van der Waals surface area contributed by atoms with Gasteiger partial charge in [0.1, 0.15) is 12.1 Å². The van der Waals surface area contributed by atoms with Gasteiger partial charge in [-0.1, -0.05) is 17.7 Å². The number of carbonyl (C=O) groups is 2. The van der Waals surface area contributed by atoms with Crippen molar-refractivity contribution in [3.8, 4) is 0 Å². The number of carbonyl (C=O) groups excluding carboxylic acids is 1. The van der Waals surface area contributed by atoms with E-state index in [0.29, 0.717) is 24.4 Å². The van der Waals surface area contributed by atoms with Crippen LogP contribution in [0.3, 0.4) is 0 Å². The number of benzene rings is 1. The maximum Gasteiger partial charge on any atom is 0.329 e. The number of carboxylic acid groups (broad SMARTS) is 1. The predicted molar refractivity (Wildman–Crippen MR) is 83.9 cm³/mol. The first-order valence-electron chi connectivity index (χ1n) is 7.20. The third kappa shape index (κ3) is 2.35. The van der Waals surface area contributed by atoms with E-state index in [1.165, 1.54) is 4.90 Å². The number of rotatable bonds is 3. The highest BCUT2D eigenvalue weighted by molar-refractivity contribution is 6.31. The summed E-state index contributed by atoms with van der Waals surface area (Å²) in [5.74, 6) is -1.13. The third-order valence-corrected chi connectivity index (χ3v) is 4.68. The monoisotopic (exact) mass is 320 g/mol. The fourth-order valence-electron chi connectivity index (χ4n) is 3.11. The van der Waals surface area contributed by atoms with E-state index in [1.54, 1.807) is 13.0 Å². The average molecular weight is 321 g/mol. The minimum absolute atomic E-state index is 0.118. The van der Waals surface area contributed by atoms with Crippen LogP contribution in [0.4, 0.5) is 0 Å². The molecule has 1 aromatic carbocycles. The van der Waals surface area contributed by atoms with Gasteiger partial charge < -0.3 is 14.6 Å². The van der Waals surface area contributed by atoms with Crippen LogP contribution in [-0.4, -0.2) is 38.5 Å². The van der Waals surface area contributed by atoms with Crippen molar-refractivity contribution < 1.29 is 14.7 Å². The lowest BCUT2D eigenvalue weighted by Gasteiger charge is -2.31. The van der Waals surface area contributed by atoms with Crippen LogP contribution in [0.25, 0.3) is 10.9 Å². The molecule has 116 valence electrons. The maximum absolute atomic E-state index is 12.6. The Bertz CT molecular complexity index is 755. The number of hydrogen-bond acceptors (Lipinski definition) is 2. The van der Waals surface area contributed by atoms with Crippen molar-refractivity contribution in [2.75, 3.05) is 6.54 Å². The Labute approximate surface area is 133 Å². The average Bonchev–Trinajstić information content (AvgIpc) is 3.04. The molecule has 0 aliphatic carbocycles. The van der Waals surface area contributed by atoms with Crippen molar-refractivity contribution in [1.29, 1.82) is 0 Å². The molecular weight excluding hydrogens is 304 g/mol. The van der Waals surface area contributed by atoms with Gasteiger partial charge in [-0.05, 0) is 43.4 Å². The Hall–Kier alpha value is -2.01. The molecular formula is C16H17ClN2O3. The van der Waals surface area contributed by atoms with Crippen LogP contribution in [0.5, 0.6) is 0 Å². The van der Waals surface area contributed by atoms with E-state index in [9.17, 15) is 14.7 Å². The largest absolute Gasteiger partial charge is 0.480 e. The normalized spacial score (nSPS) is 21.5. The van der Waals surface area contributed by atoms with E-state index >= 15 is 0 Å². The van der Waals surface area contributed by atoms with Crippen LogP contribution in [0.2, 0.25) is 5.02 Å². The number of carboxylic acids is 1. The lowest BCUT2D eigenvalue weighted by Crippen LogP contribution is -2.51. The number of aromatic nitrogens is 1. The minimum atomic E-state index is -1.10. The molecule has 1 aliphatic heterocycles. The zero-order chi connectivity index (χ0) is 15.9. The molecule has 0 radical (unpaired) electrons. The first-order chi connectivity index (χ1) is 10.4. The lowest BCUT2D eigenvalue weighted by molar-refractivity contribution is -0.155. The van der Waals surface area contributed by atoms with E-state index in [0.717, 1.165) is 10.9 Å². The van der Waals surface area contributed by atoms with Crippen molar-refractivity contribution in [1.82, 2.24) is 9.47 Å². The molecule has 0 spiro atoms. The number of nitrogens with zero attached hydrogens (tertiary/aromatic N) is 2. The predicted octanol–water partition coefficient (Wildman–Crippen LogP) is 2.76. The molecule has 2 heterocycles. The number of fused-ring (bicyclic) bond motifs is 1. The zero-order valence-electron chi connectivity index (χ0n) is 12.3. The topological polar surface area (TPSA) is 62.5 Å². The van der Waals surface area contributed by atoms with Gasteiger partial charge in [0.05, 0.1) is 0 Å². The van der Waals surface area contributed by atoms with Crippen LogP contribution in [0.15, 0.2) is 30.5 Å². The number of aliphatic carboxylic acids is 1. The molecule has 2 aromatic rings. The van der Waals surface area contributed by atoms with E-state index in [-0.39, 0.29) is 12.5 Å². The molecule has 22 heavy (non-hydrogen) atoms. The van der Waals surface area contributed by atoms with Gasteiger partial charge in [-0.15, -0.1) is 0 Å². The molecule has 0 saturated carbocycles. The molecule has 1 saturated heterocycles. The molecule has 1 fully saturated rings. The smallest absolute Gasteiger partial charge is 0.329 e. The number of likely N-dealkylation sites (tertiary alicyclic amines) is 1. The summed E-state index contributed by atoms with van der Waals surface area (Å²) in [6, 6.07) is 7.43. The highest BCUT2D eigenvalue weighted by Gasteiger charge is 2.45. The molecule has 3 rings (SSSR count). The summed E-state index contributed by atoms with van der Waals surface area (Å²) in [4.78, 5) is 25.5. The number of hydrogen-bond donors (Lipinski definition) is 1. The molecule has 1 atom stereocenters. The standard InChI is InChI=1S/C16H17ClN2O3/c1-16(15(21)22)6-2-7-19(16)14(20)10-18-8-5-11-3-4-12(17)9-13(11)18/h3-5,8-9H,2,6-7,10H2,1H3,(H,21,22). The van der Waals surface area contributed by atoms with Gasteiger partial charge in [-0.2, -0.15) is 0 Å². The van der Waals surface area contributed by atoms with Crippen molar-refractivity contribution in [3.05, 3.63) is 35.5 Å². The molecule has 0 bridgehead atoms. The van der Waals surface area contributed by atoms with Crippen LogP contribution >= 0.6 is 11.6 Å². The minimum Gasteiger partial charge on any atom is -0.480 e. The summed E-state index contributed by atoms with van der Waals surface area (Å²) in [6.45, 7) is 2.22. The fourth-order valence-corrected chi connectivity index (χ4v) is 3.28. The number of halogens is 1. The SMILES string of the molecule is CC1(C(=O)O)CCCN1C(=O)Cn1ccc2ccc(Cl)cc21. The molecule has 1 unspecified atom stereocenters. The second kappa shape index (κ2) is 5.32. The summed E-state index contributed by atoms with van der Waals surface area (Å²) in [7, 11) is 0. The van der Waals surface area contributed by atoms with Crippen LogP contribution in [0, 0.1) is 0 Å². The molecule has 1 N–H and O–H groups in total. The zero-order valence-corrected chi connectivity index (χ0v) is 13.0. The summed E-state index contributed by atoms with van der Waals surface area (Å²) < 4.78 is 1.81. The summed E-state index contributed by atoms with van der Waals surface area (Å²) >= 11 is 6.01. The van der Waals surface area contributed by atoms with Gasteiger partial charge in [0.15, 0.2) is 0 Å². The van der Waals surface area contributed by atoms with E-state index in [2.05, 4.69) is 0 Å². The molecule has 1 aromatic heterocycles. The van der Waals surface area contributed by atoms with Crippen molar-refractivity contribution in [2.24, 2.45) is 0 Å². The maximum atomic E-state index is 12.6. The van der Waals surface area contributed by atoms with Crippen LogP contribution < -0.4 is 0 Å². The second-order valence-electron chi connectivity index (χ2n) is 5.87. The first kappa shape index (κ1) is 14.9. The summed E-state index contributed by atoms with van der Waals surface area (Å²) in [5, 5.41) is 11.0. The third-order valence-electron chi connectivity index (χ3n) is 4.44. The van der Waals surface area contributed by atoms with Crippen LogP contribution in [-0.2, 0) is 16.1 Å². The van der Waals surface area contributed by atoms with Crippen molar-refractivity contribution in [3.63, 3.8) is 0 Å². The Morgan fingerprint density at radius 2 is 2.14 bits per heavy atom. The first-order valence-corrected chi connectivity index (χ1v) is 7.58. The molecule has 1 aliphatic rings. The Balaban J connectivity index is 1.87. The Kier molecular flexibility index (Phi) is 3.60. The second-order valence-corrected chi connectivity index (χ2v) is 6.31. The van der Waals surface area contributed by atoms with Gasteiger partial charge in [0.2, 0.25) is 5.91 Å². The Morgan fingerprint density at radius 1 is 1.36 bits per heavy atom. The molecule has 5 nitrogen and oxygen atoms in total. The molecule has 1 amide bonds. The van der Waals surface area contributed by atoms with E-state index in [4.69, 9.17) is 11.6 Å². The van der Waals surface area contributed by atoms with Gasteiger partial charge in [-0.25, -0.2) is 4.79 Å². The fraction of sp³-hybridized carbons (Fsp3) is 0.375. The van der Waals surface area contributed by atoms with Gasteiger partial charge in [-0.3, -0.25) is 4.79 Å².